The summed E-state index contributed by atoms with van der Waals surface area (Å²) in [5, 5.41) is 22.6. The van der Waals surface area contributed by atoms with Crippen LogP contribution in [0.15, 0.2) is 74.6 Å². The summed E-state index contributed by atoms with van der Waals surface area (Å²) < 4.78 is 1.64. The highest BCUT2D eigenvalue weighted by Gasteiger charge is 2.38. The zero-order valence-corrected chi connectivity index (χ0v) is 26.7. The van der Waals surface area contributed by atoms with Gasteiger partial charge in [-0.15, -0.1) is 0 Å². The van der Waals surface area contributed by atoms with Gasteiger partial charge in [0.25, 0.3) is 0 Å². The largest absolute Gasteiger partial charge is 0.369 e. The average molecular weight is 742 g/mol. The first-order valence-corrected chi connectivity index (χ1v) is 15.7. The molecular formula is C32H12Br2Cl4N2O. The molecule has 9 rings (SSSR count). The van der Waals surface area contributed by atoms with Crippen molar-refractivity contribution in [3.63, 3.8) is 0 Å². The van der Waals surface area contributed by atoms with Gasteiger partial charge in [-0.2, -0.15) is 0 Å². The molecule has 0 bridgehead atoms. The molecule has 7 aromatic rings. The Bertz CT molecular complexity index is 2360. The van der Waals surface area contributed by atoms with Crippen LogP contribution < -0.4 is 4.90 Å². The Morgan fingerprint density at radius 3 is 1.85 bits per heavy atom. The van der Waals surface area contributed by atoms with Gasteiger partial charge in [-0.25, -0.2) is 4.99 Å². The second kappa shape index (κ2) is 8.39. The summed E-state index contributed by atoms with van der Waals surface area (Å²) in [6, 6.07) is 19.6. The molecule has 2 aliphatic heterocycles. The number of hydrogen-bond acceptors (Lipinski definition) is 3. The Kier molecular flexibility index (Phi) is 5.15. The highest BCUT2D eigenvalue weighted by Crippen LogP contribution is 2.56. The van der Waals surface area contributed by atoms with Gasteiger partial charge in [0.2, 0.25) is 0 Å². The number of anilines is 1. The van der Waals surface area contributed by atoms with Crippen LogP contribution in [0.4, 0.5) is 11.4 Å². The number of aliphatic hydroxyl groups is 1. The molecule has 1 unspecified atom stereocenters. The Balaban J connectivity index is 1.55. The molecule has 198 valence electrons. The van der Waals surface area contributed by atoms with Gasteiger partial charge in [0.15, 0.2) is 6.23 Å². The second-order valence-corrected chi connectivity index (χ2v) is 13.7. The van der Waals surface area contributed by atoms with Crippen molar-refractivity contribution in [3.05, 3.63) is 101 Å². The molecular weight excluding hydrogens is 730 g/mol. The molecule has 41 heavy (non-hydrogen) atoms. The van der Waals surface area contributed by atoms with Crippen LogP contribution >= 0.6 is 78.3 Å². The second-order valence-electron chi connectivity index (χ2n) is 10.4. The van der Waals surface area contributed by atoms with Gasteiger partial charge < -0.3 is 5.11 Å². The Morgan fingerprint density at radius 1 is 0.634 bits per heavy atom. The standard InChI is InChI=1S/C32H12Br2Cl4N2O/c33-14-9-18(37)27-25-16(35)7-12-23-13(8-17(36)26(29(23)25)28-19(38)10-15(34)24(14)30(27)28)32(41)40-21-6-2-4-11-3-1-5-20(22(11)21)39-31(12)40/h1-10,32,41H. The number of halogens is 6. The predicted molar refractivity (Wildman–Crippen MR) is 181 cm³/mol. The third-order valence-corrected chi connectivity index (χ3v) is 10.8. The van der Waals surface area contributed by atoms with E-state index in [0.29, 0.717) is 31.5 Å². The van der Waals surface area contributed by atoms with E-state index in [9.17, 15) is 5.11 Å². The molecule has 0 aliphatic carbocycles. The summed E-state index contributed by atoms with van der Waals surface area (Å²) >= 11 is 35.7. The molecule has 7 aromatic carbocycles. The van der Waals surface area contributed by atoms with Crippen LogP contribution in [0.25, 0.3) is 53.9 Å². The maximum Gasteiger partial charge on any atom is 0.159 e. The maximum absolute atomic E-state index is 12.0. The summed E-state index contributed by atoms with van der Waals surface area (Å²) in [6.45, 7) is 0. The van der Waals surface area contributed by atoms with E-state index in [1.807, 2.05) is 65.6 Å². The molecule has 3 nitrogen and oxygen atoms in total. The summed E-state index contributed by atoms with van der Waals surface area (Å²) in [5.74, 6) is 0.623. The topological polar surface area (TPSA) is 35.8 Å². The minimum Gasteiger partial charge on any atom is -0.369 e. The molecule has 0 aromatic heterocycles. The van der Waals surface area contributed by atoms with Gasteiger partial charge in [0.1, 0.15) is 5.84 Å². The Labute approximate surface area is 269 Å². The van der Waals surface area contributed by atoms with Crippen LogP contribution in [0.3, 0.4) is 0 Å². The Hall–Kier alpha value is -2.35. The smallest absolute Gasteiger partial charge is 0.159 e. The predicted octanol–water partition coefficient (Wildman–Crippen LogP) is 11.9. The first-order valence-electron chi connectivity index (χ1n) is 12.6. The van der Waals surface area contributed by atoms with Crippen molar-refractivity contribution < 1.29 is 5.11 Å². The van der Waals surface area contributed by atoms with E-state index >= 15 is 0 Å². The number of hydrogen-bond donors (Lipinski definition) is 1. The van der Waals surface area contributed by atoms with E-state index in [4.69, 9.17) is 51.4 Å². The summed E-state index contributed by atoms with van der Waals surface area (Å²) in [7, 11) is 0. The third-order valence-electron chi connectivity index (χ3n) is 8.39. The van der Waals surface area contributed by atoms with Crippen molar-refractivity contribution in [1.29, 1.82) is 0 Å². The number of aliphatic hydroxyl groups excluding tert-OH is 1. The van der Waals surface area contributed by atoms with E-state index in [1.54, 1.807) is 0 Å². The summed E-state index contributed by atoms with van der Waals surface area (Å²) in [4.78, 5) is 6.96. The number of amidine groups is 1. The molecule has 0 amide bonds. The highest BCUT2D eigenvalue weighted by atomic mass is 79.9. The van der Waals surface area contributed by atoms with E-state index in [1.165, 1.54) is 0 Å². The normalized spacial score (nSPS) is 16.0. The van der Waals surface area contributed by atoms with E-state index < -0.39 is 6.23 Å². The minimum absolute atomic E-state index is 0.462. The van der Waals surface area contributed by atoms with Gasteiger partial charge in [-0.05, 0) is 41.8 Å². The zero-order chi connectivity index (χ0) is 28.1. The van der Waals surface area contributed by atoms with Crippen LogP contribution in [-0.4, -0.2) is 10.9 Å². The quantitative estimate of drug-likeness (QED) is 0.124. The van der Waals surface area contributed by atoms with Gasteiger partial charge in [-0.3, -0.25) is 4.90 Å². The lowest BCUT2D eigenvalue weighted by atomic mass is 9.83. The first-order chi connectivity index (χ1) is 19.8. The lowest BCUT2D eigenvalue weighted by Gasteiger charge is -2.40. The lowest BCUT2D eigenvalue weighted by Crippen LogP contribution is -2.40. The van der Waals surface area contributed by atoms with Crippen molar-refractivity contribution in [1.82, 2.24) is 0 Å². The number of nitrogens with zero attached hydrogens (tertiary/aromatic N) is 2. The molecule has 0 saturated carbocycles. The van der Waals surface area contributed by atoms with Crippen LogP contribution in [-0.2, 0) is 0 Å². The molecule has 0 saturated heterocycles. The fourth-order valence-electron chi connectivity index (χ4n) is 6.89. The molecule has 2 heterocycles. The van der Waals surface area contributed by atoms with Crippen LogP contribution in [0, 0.1) is 0 Å². The van der Waals surface area contributed by atoms with Crippen molar-refractivity contribution in [2.24, 2.45) is 4.99 Å². The van der Waals surface area contributed by atoms with Crippen LogP contribution in [0.5, 0.6) is 0 Å². The fraction of sp³-hybridized carbons (Fsp3) is 0.0312. The van der Waals surface area contributed by atoms with Gasteiger partial charge >= 0.3 is 0 Å². The van der Waals surface area contributed by atoms with Crippen molar-refractivity contribution in [2.75, 3.05) is 4.90 Å². The minimum atomic E-state index is -1.04. The fourth-order valence-corrected chi connectivity index (χ4v) is 9.90. The molecule has 9 heteroatoms. The number of fused-ring (bicyclic) bond motifs is 5. The maximum atomic E-state index is 12.0. The summed E-state index contributed by atoms with van der Waals surface area (Å²) in [6.07, 6.45) is -1.04. The monoisotopic (exact) mass is 738 g/mol. The van der Waals surface area contributed by atoms with Crippen LogP contribution in [0.2, 0.25) is 20.1 Å². The average Bonchev–Trinajstić information content (AvgIpc) is 2.93. The van der Waals surface area contributed by atoms with E-state index in [2.05, 4.69) is 31.9 Å². The SMILES string of the molecule is OC1c2cc(Cl)c3c4c(Cl)cc(Br)c5c(Br)cc(Cl)c(c6c(Cl)cc(c2c63)C2=Nc3cccc6cccc(c36)N21)c54. The molecule has 2 aliphatic rings. The van der Waals surface area contributed by atoms with Gasteiger partial charge in [0.05, 0.1) is 21.4 Å². The van der Waals surface area contributed by atoms with Crippen molar-refractivity contribution in [2.45, 2.75) is 6.23 Å². The third kappa shape index (κ3) is 3.03. The molecule has 0 spiro atoms. The zero-order valence-electron chi connectivity index (χ0n) is 20.5. The van der Waals surface area contributed by atoms with Crippen molar-refractivity contribution in [3.8, 4) is 0 Å². The van der Waals surface area contributed by atoms with E-state index in [-0.39, 0.29) is 0 Å². The molecule has 0 radical (unpaired) electrons. The first kappa shape index (κ1) is 25.2. The number of benzene rings is 7. The van der Waals surface area contributed by atoms with Gasteiger partial charge in [-0.1, -0.05) is 103 Å². The number of aliphatic imine (C=N–C) groups is 1. The van der Waals surface area contributed by atoms with Crippen LogP contribution in [0.1, 0.15) is 17.4 Å². The highest BCUT2D eigenvalue weighted by molar-refractivity contribution is 9.11. The van der Waals surface area contributed by atoms with E-state index in [0.717, 1.165) is 79.7 Å². The Morgan fingerprint density at radius 2 is 1.20 bits per heavy atom. The summed E-state index contributed by atoms with van der Waals surface area (Å²) in [5.41, 5.74) is 3.18. The lowest BCUT2D eigenvalue weighted by molar-refractivity contribution is 0.188. The molecule has 1 atom stereocenters. The molecule has 0 fully saturated rings. The van der Waals surface area contributed by atoms with Crippen molar-refractivity contribution >= 4 is 149 Å². The molecule has 1 N–H and O–H groups in total. The number of rotatable bonds is 0. The van der Waals surface area contributed by atoms with Gasteiger partial charge in [0, 0.05) is 78.6 Å².